The first kappa shape index (κ1) is 7.54. The number of nitrogens with one attached hydrogen (secondary N) is 1. The summed E-state index contributed by atoms with van der Waals surface area (Å²) in [5.41, 5.74) is 0. The highest BCUT2D eigenvalue weighted by Crippen LogP contribution is 2.22. The zero-order chi connectivity index (χ0) is 7.40. The molecule has 1 rings (SSSR count). The second-order valence-corrected chi connectivity index (χ2v) is 2.42. The molecule has 0 heterocycles. The Labute approximate surface area is 60.7 Å². The predicted octanol–water partition coefficient (Wildman–Crippen LogP) is 0.211. The summed E-state index contributed by atoms with van der Waals surface area (Å²) >= 11 is 0. The van der Waals surface area contributed by atoms with E-state index in [0.717, 1.165) is 19.4 Å². The van der Waals surface area contributed by atoms with Gasteiger partial charge in [-0.1, -0.05) is 0 Å². The van der Waals surface area contributed by atoms with Crippen LogP contribution in [0, 0.1) is 0 Å². The molecule has 0 aliphatic heterocycles. The van der Waals surface area contributed by atoms with E-state index in [-0.39, 0.29) is 12.1 Å². The van der Waals surface area contributed by atoms with Crippen LogP contribution in [0.3, 0.4) is 0 Å². The molecule has 1 saturated carbocycles. The first-order chi connectivity index (χ1) is 4.88. The van der Waals surface area contributed by atoms with E-state index in [1.807, 2.05) is 6.92 Å². The molecule has 3 nitrogen and oxygen atoms in total. The average molecular weight is 142 g/mol. The summed E-state index contributed by atoms with van der Waals surface area (Å²) in [7, 11) is 0. The maximum atomic E-state index is 9.87. The molecule has 3 heteroatoms. The standard InChI is InChI=1S/C7H12NO2/c1-2-10-7-4-3-6(7)8-5-9/h6-7H,2-4H2,1H3,(H,8,9). The van der Waals surface area contributed by atoms with Gasteiger partial charge in [0.05, 0.1) is 12.1 Å². The van der Waals surface area contributed by atoms with Crippen LogP contribution >= 0.6 is 0 Å². The smallest absolute Gasteiger partial charge is 0.309 e. The molecular formula is C7H12NO2. The molecule has 0 saturated heterocycles. The largest absolute Gasteiger partial charge is 0.376 e. The Hall–Kier alpha value is -0.570. The highest BCUT2D eigenvalue weighted by atomic mass is 16.5. The molecule has 2 atom stereocenters. The topological polar surface area (TPSA) is 38.3 Å². The van der Waals surface area contributed by atoms with Gasteiger partial charge in [0, 0.05) is 6.61 Å². The van der Waals surface area contributed by atoms with E-state index in [1.54, 1.807) is 6.41 Å². The highest BCUT2D eigenvalue weighted by molar-refractivity contribution is 5.48. The number of ether oxygens (including phenoxy) is 1. The van der Waals surface area contributed by atoms with E-state index in [9.17, 15) is 4.79 Å². The van der Waals surface area contributed by atoms with E-state index in [0.29, 0.717) is 0 Å². The quantitative estimate of drug-likeness (QED) is 0.570. The molecule has 1 fully saturated rings. The van der Waals surface area contributed by atoms with Gasteiger partial charge in [0.15, 0.2) is 0 Å². The van der Waals surface area contributed by atoms with E-state index in [1.165, 1.54) is 0 Å². The Balaban J connectivity index is 2.15. The molecule has 1 aliphatic rings. The monoisotopic (exact) mass is 142 g/mol. The average Bonchev–Trinajstić information content (AvgIpc) is 1.93. The Morgan fingerprint density at radius 2 is 2.50 bits per heavy atom. The van der Waals surface area contributed by atoms with Gasteiger partial charge in [-0.15, -0.1) is 0 Å². The third kappa shape index (κ3) is 1.48. The van der Waals surface area contributed by atoms with Crippen molar-refractivity contribution in [3.8, 4) is 0 Å². The number of rotatable bonds is 4. The van der Waals surface area contributed by atoms with Crippen molar-refractivity contribution in [1.82, 2.24) is 5.32 Å². The number of hydrogen-bond donors (Lipinski definition) is 1. The van der Waals surface area contributed by atoms with Crippen molar-refractivity contribution < 1.29 is 9.53 Å². The minimum Gasteiger partial charge on any atom is -0.376 e. The molecule has 0 aromatic carbocycles. The minimum atomic E-state index is 0.220. The summed E-state index contributed by atoms with van der Waals surface area (Å²) in [6.07, 6.45) is 4.01. The fraction of sp³-hybridized carbons (Fsp3) is 0.857. The van der Waals surface area contributed by atoms with Crippen molar-refractivity contribution in [3.05, 3.63) is 0 Å². The van der Waals surface area contributed by atoms with Gasteiger partial charge in [0.1, 0.15) is 0 Å². The summed E-state index contributed by atoms with van der Waals surface area (Å²) in [4.78, 5) is 9.87. The fourth-order valence-electron chi connectivity index (χ4n) is 1.12. The second-order valence-electron chi connectivity index (χ2n) is 2.42. The van der Waals surface area contributed by atoms with Crippen molar-refractivity contribution in [2.24, 2.45) is 0 Å². The normalized spacial score (nSPS) is 30.9. The van der Waals surface area contributed by atoms with Gasteiger partial charge in [-0.05, 0) is 19.8 Å². The summed E-state index contributed by atoms with van der Waals surface area (Å²) < 4.78 is 5.30. The molecule has 0 spiro atoms. The van der Waals surface area contributed by atoms with Gasteiger partial charge in [-0.2, -0.15) is 0 Å². The minimum absolute atomic E-state index is 0.220. The SMILES string of the molecule is CCOC1CCC1N[C]=O. The third-order valence-electron chi connectivity index (χ3n) is 1.84. The lowest BCUT2D eigenvalue weighted by molar-refractivity contribution is -0.0139. The summed E-state index contributed by atoms with van der Waals surface area (Å²) in [5.74, 6) is 0. The molecule has 1 aliphatic carbocycles. The molecule has 0 bridgehead atoms. The molecular weight excluding hydrogens is 130 g/mol. The highest BCUT2D eigenvalue weighted by Gasteiger charge is 2.30. The van der Waals surface area contributed by atoms with Crippen LogP contribution < -0.4 is 5.32 Å². The first-order valence-corrected chi connectivity index (χ1v) is 3.62. The van der Waals surface area contributed by atoms with Gasteiger partial charge >= 0.3 is 6.41 Å². The molecule has 0 aromatic heterocycles. The molecule has 2 unspecified atom stereocenters. The van der Waals surface area contributed by atoms with E-state index in [2.05, 4.69) is 5.32 Å². The molecule has 10 heavy (non-hydrogen) atoms. The lowest BCUT2D eigenvalue weighted by atomic mass is 9.89. The van der Waals surface area contributed by atoms with Crippen LogP contribution in [0.5, 0.6) is 0 Å². The molecule has 57 valence electrons. The van der Waals surface area contributed by atoms with Crippen molar-refractivity contribution in [3.63, 3.8) is 0 Å². The zero-order valence-corrected chi connectivity index (χ0v) is 6.09. The summed E-state index contributed by atoms with van der Waals surface area (Å²) in [5, 5.41) is 2.59. The van der Waals surface area contributed by atoms with Crippen LogP contribution in [-0.4, -0.2) is 25.2 Å². The molecule has 1 N–H and O–H groups in total. The van der Waals surface area contributed by atoms with Crippen LogP contribution in [0.4, 0.5) is 0 Å². The number of carbonyl (C=O) groups excluding carboxylic acids is 1. The van der Waals surface area contributed by atoms with Crippen LogP contribution in [0.25, 0.3) is 0 Å². The van der Waals surface area contributed by atoms with Gasteiger partial charge in [-0.3, -0.25) is 4.79 Å². The molecule has 1 amide bonds. The third-order valence-corrected chi connectivity index (χ3v) is 1.84. The van der Waals surface area contributed by atoms with E-state index in [4.69, 9.17) is 4.74 Å². The van der Waals surface area contributed by atoms with Gasteiger partial charge < -0.3 is 10.1 Å². The Kier molecular flexibility index (Phi) is 2.68. The second kappa shape index (κ2) is 3.56. The van der Waals surface area contributed by atoms with Gasteiger partial charge in [0.25, 0.3) is 0 Å². The predicted molar refractivity (Wildman–Crippen MR) is 37.3 cm³/mol. The number of amides is 1. The van der Waals surface area contributed by atoms with Crippen molar-refractivity contribution in [2.45, 2.75) is 31.9 Å². The fourth-order valence-corrected chi connectivity index (χ4v) is 1.12. The maximum absolute atomic E-state index is 9.87. The van der Waals surface area contributed by atoms with E-state index < -0.39 is 0 Å². The van der Waals surface area contributed by atoms with Crippen LogP contribution in [0.2, 0.25) is 0 Å². The zero-order valence-electron chi connectivity index (χ0n) is 6.09. The maximum Gasteiger partial charge on any atom is 0.309 e. The van der Waals surface area contributed by atoms with E-state index >= 15 is 0 Å². The van der Waals surface area contributed by atoms with Crippen LogP contribution in [-0.2, 0) is 9.53 Å². The lowest BCUT2D eigenvalue weighted by Crippen LogP contribution is -2.48. The Morgan fingerprint density at radius 1 is 1.70 bits per heavy atom. The van der Waals surface area contributed by atoms with Gasteiger partial charge in [-0.25, -0.2) is 0 Å². The first-order valence-electron chi connectivity index (χ1n) is 3.62. The molecule has 1 radical (unpaired) electrons. The lowest BCUT2D eigenvalue weighted by Gasteiger charge is -2.35. The van der Waals surface area contributed by atoms with Crippen molar-refractivity contribution in [2.75, 3.05) is 6.61 Å². The van der Waals surface area contributed by atoms with Crippen LogP contribution in [0.1, 0.15) is 19.8 Å². The molecule has 0 aromatic rings. The van der Waals surface area contributed by atoms with Crippen molar-refractivity contribution >= 4 is 6.41 Å². The van der Waals surface area contributed by atoms with Gasteiger partial charge in [0.2, 0.25) is 0 Å². The number of hydrogen-bond acceptors (Lipinski definition) is 2. The Bertz CT molecular complexity index is 116. The Morgan fingerprint density at radius 3 is 2.90 bits per heavy atom. The summed E-state index contributed by atoms with van der Waals surface area (Å²) in [6, 6.07) is 0.220. The van der Waals surface area contributed by atoms with Crippen LogP contribution in [0.15, 0.2) is 0 Å². The summed E-state index contributed by atoms with van der Waals surface area (Å²) in [6.45, 7) is 2.68. The van der Waals surface area contributed by atoms with Crippen molar-refractivity contribution in [1.29, 1.82) is 0 Å².